The Morgan fingerprint density at radius 1 is 1.27 bits per heavy atom. The Kier molecular flexibility index (Phi) is 4.76. The van der Waals surface area contributed by atoms with Crippen molar-refractivity contribution in [1.29, 1.82) is 0 Å². The molecule has 3 atom stereocenters. The molecular formula is C16H26N4OS. The van der Waals surface area contributed by atoms with Gasteiger partial charge in [0.1, 0.15) is 5.82 Å². The molecule has 0 aliphatic heterocycles. The number of thioether (sulfide) groups is 1. The molecule has 0 bridgehead atoms. The van der Waals surface area contributed by atoms with E-state index in [1.165, 1.54) is 43.9 Å². The highest BCUT2D eigenvalue weighted by Gasteiger charge is 2.30. The summed E-state index contributed by atoms with van der Waals surface area (Å²) in [6.45, 7) is 4.20. The third-order valence-electron chi connectivity index (χ3n) is 4.90. The summed E-state index contributed by atoms with van der Waals surface area (Å²) in [6, 6.07) is 0.339. The van der Waals surface area contributed by atoms with Gasteiger partial charge in [-0.05, 0) is 38.5 Å². The molecule has 1 amide bonds. The van der Waals surface area contributed by atoms with E-state index < -0.39 is 0 Å². The van der Waals surface area contributed by atoms with Gasteiger partial charge in [-0.25, -0.2) is 0 Å². The Hall–Kier alpha value is -1.04. The van der Waals surface area contributed by atoms with E-state index in [0.717, 1.165) is 17.4 Å². The van der Waals surface area contributed by atoms with Crippen LogP contribution in [0.5, 0.6) is 0 Å². The minimum absolute atomic E-state index is 0.125. The molecule has 0 saturated heterocycles. The number of hydrogen-bond donors (Lipinski definition) is 1. The van der Waals surface area contributed by atoms with Gasteiger partial charge >= 0.3 is 0 Å². The highest BCUT2D eigenvalue weighted by molar-refractivity contribution is 8.00. The zero-order valence-corrected chi connectivity index (χ0v) is 14.5. The fourth-order valence-electron chi connectivity index (χ4n) is 3.17. The first kappa shape index (κ1) is 15.8. The number of nitrogens with zero attached hydrogens (tertiary/aromatic N) is 3. The van der Waals surface area contributed by atoms with Crippen LogP contribution in [-0.2, 0) is 11.8 Å². The number of rotatable bonds is 5. The highest BCUT2D eigenvalue weighted by Crippen LogP contribution is 2.39. The summed E-state index contributed by atoms with van der Waals surface area (Å²) in [6.07, 6.45) is 7.28. The van der Waals surface area contributed by atoms with Crippen molar-refractivity contribution < 1.29 is 4.79 Å². The van der Waals surface area contributed by atoms with Gasteiger partial charge in [-0.2, -0.15) is 0 Å². The maximum absolute atomic E-state index is 12.4. The predicted molar refractivity (Wildman–Crippen MR) is 87.9 cm³/mol. The van der Waals surface area contributed by atoms with E-state index in [-0.39, 0.29) is 11.2 Å². The molecule has 22 heavy (non-hydrogen) atoms. The molecule has 0 spiro atoms. The summed E-state index contributed by atoms with van der Waals surface area (Å²) in [7, 11) is 2.00. The van der Waals surface area contributed by atoms with Crippen LogP contribution in [0.25, 0.3) is 0 Å². The number of carbonyl (C=O) groups is 1. The number of amides is 1. The molecule has 0 radical (unpaired) electrons. The van der Waals surface area contributed by atoms with E-state index in [2.05, 4.69) is 27.0 Å². The van der Waals surface area contributed by atoms with E-state index in [4.69, 9.17) is 0 Å². The Bertz CT molecular complexity index is 540. The molecule has 1 heterocycles. The van der Waals surface area contributed by atoms with Crippen LogP contribution < -0.4 is 5.32 Å². The second kappa shape index (κ2) is 6.60. The molecule has 2 fully saturated rings. The molecule has 122 valence electrons. The van der Waals surface area contributed by atoms with Gasteiger partial charge in [0.25, 0.3) is 0 Å². The number of aromatic nitrogens is 3. The third kappa shape index (κ3) is 3.47. The lowest BCUT2D eigenvalue weighted by Gasteiger charge is -2.30. The Balaban J connectivity index is 1.56. The first-order valence-electron chi connectivity index (χ1n) is 8.42. The van der Waals surface area contributed by atoms with Crippen molar-refractivity contribution in [3.63, 3.8) is 0 Å². The van der Waals surface area contributed by atoms with Crippen LogP contribution in [0, 0.1) is 5.92 Å². The van der Waals surface area contributed by atoms with Crippen molar-refractivity contribution in [1.82, 2.24) is 20.1 Å². The zero-order valence-electron chi connectivity index (χ0n) is 13.7. The van der Waals surface area contributed by atoms with Gasteiger partial charge in [-0.15, -0.1) is 10.2 Å². The van der Waals surface area contributed by atoms with Crippen molar-refractivity contribution >= 4 is 17.7 Å². The van der Waals surface area contributed by atoms with Crippen LogP contribution in [0.1, 0.15) is 64.1 Å². The SMILES string of the molecule is C[C@@H]1CCCC[C@@H]1NC(=O)[C@@H](C)Sc1nnc(C2CC2)n1C. The maximum atomic E-state index is 12.4. The quantitative estimate of drug-likeness (QED) is 0.847. The van der Waals surface area contributed by atoms with Crippen LogP contribution in [0.2, 0.25) is 0 Å². The first-order chi connectivity index (χ1) is 10.6. The molecule has 6 heteroatoms. The molecule has 0 unspecified atom stereocenters. The van der Waals surface area contributed by atoms with Crippen LogP contribution in [0.4, 0.5) is 0 Å². The molecule has 2 saturated carbocycles. The monoisotopic (exact) mass is 322 g/mol. The van der Waals surface area contributed by atoms with Gasteiger partial charge in [0.05, 0.1) is 5.25 Å². The standard InChI is InChI=1S/C16H26N4OS/c1-10-6-4-5-7-13(10)17-15(21)11(2)22-16-19-18-14(20(16)3)12-8-9-12/h10-13H,4-9H2,1-3H3,(H,17,21)/t10-,11-,13+/m1/s1. The number of hydrogen-bond acceptors (Lipinski definition) is 4. The Morgan fingerprint density at radius 2 is 2.00 bits per heavy atom. The van der Waals surface area contributed by atoms with Gasteiger partial charge in [-0.1, -0.05) is 31.5 Å². The Morgan fingerprint density at radius 3 is 2.68 bits per heavy atom. The molecule has 5 nitrogen and oxygen atoms in total. The second-order valence-corrected chi connectivity index (χ2v) is 8.12. The van der Waals surface area contributed by atoms with E-state index in [9.17, 15) is 4.79 Å². The average molecular weight is 322 g/mol. The molecular weight excluding hydrogens is 296 g/mol. The predicted octanol–water partition coefficient (Wildman–Crippen LogP) is 2.87. The summed E-state index contributed by atoms with van der Waals surface area (Å²) >= 11 is 1.51. The lowest BCUT2D eigenvalue weighted by molar-refractivity contribution is -0.121. The average Bonchev–Trinajstić information content (AvgIpc) is 3.27. The summed E-state index contributed by atoms with van der Waals surface area (Å²) < 4.78 is 2.05. The van der Waals surface area contributed by atoms with Crippen LogP contribution in [-0.4, -0.2) is 32.0 Å². The molecule has 1 aromatic heterocycles. The minimum Gasteiger partial charge on any atom is -0.352 e. The fourth-order valence-corrected chi connectivity index (χ4v) is 4.00. The van der Waals surface area contributed by atoms with Crippen LogP contribution in [0.3, 0.4) is 0 Å². The van der Waals surface area contributed by atoms with E-state index >= 15 is 0 Å². The third-order valence-corrected chi connectivity index (χ3v) is 6.04. The lowest BCUT2D eigenvalue weighted by atomic mass is 9.86. The molecule has 2 aliphatic carbocycles. The van der Waals surface area contributed by atoms with Gasteiger partial charge in [-0.3, -0.25) is 4.79 Å². The fraction of sp³-hybridized carbons (Fsp3) is 0.812. The van der Waals surface area contributed by atoms with Crippen molar-refractivity contribution in [3.05, 3.63) is 5.82 Å². The lowest BCUT2D eigenvalue weighted by Crippen LogP contribution is -2.44. The first-order valence-corrected chi connectivity index (χ1v) is 9.30. The summed E-state index contributed by atoms with van der Waals surface area (Å²) in [5.41, 5.74) is 0. The molecule has 2 aliphatic rings. The van der Waals surface area contributed by atoms with Crippen molar-refractivity contribution in [3.8, 4) is 0 Å². The summed E-state index contributed by atoms with van der Waals surface area (Å²) in [4.78, 5) is 12.4. The molecule has 0 aromatic carbocycles. The number of nitrogens with one attached hydrogen (secondary N) is 1. The topological polar surface area (TPSA) is 59.8 Å². The highest BCUT2D eigenvalue weighted by atomic mass is 32.2. The Labute approximate surface area is 136 Å². The van der Waals surface area contributed by atoms with Crippen molar-refractivity contribution in [2.75, 3.05) is 0 Å². The molecule has 1 aromatic rings. The van der Waals surface area contributed by atoms with Gasteiger partial charge in [0.15, 0.2) is 5.16 Å². The van der Waals surface area contributed by atoms with E-state index in [0.29, 0.717) is 17.9 Å². The largest absolute Gasteiger partial charge is 0.352 e. The van der Waals surface area contributed by atoms with Crippen molar-refractivity contribution in [2.24, 2.45) is 13.0 Å². The van der Waals surface area contributed by atoms with Gasteiger partial charge < -0.3 is 9.88 Å². The van der Waals surface area contributed by atoms with Crippen LogP contribution in [0.15, 0.2) is 5.16 Å². The van der Waals surface area contributed by atoms with Crippen LogP contribution >= 0.6 is 11.8 Å². The summed E-state index contributed by atoms with van der Waals surface area (Å²) in [5.74, 6) is 2.36. The van der Waals surface area contributed by atoms with Gasteiger partial charge in [0, 0.05) is 19.0 Å². The second-order valence-electron chi connectivity index (χ2n) is 6.81. The van der Waals surface area contributed by atoms with Crippen molar-refractivity contribution in [2.45, 2.75) is 74.7 Å². The van der Waals surface area contributed by atoms with E-state index in [1.807, 2.05) is 14.0 Å². The molecule has 3 rings (SSSR count). The van der Waals surface area contributed by atoms with E-state index in [1.54, 1.807) is 0 Å². The zero-order chi connectivity index (χ0) is 15.7. The maximum Gasteiger partial charge on any atom is 0.233 e. The molecule has 1 N–H and O–H groups in total. The smallest absolute Gasteiger partial charge is 0.233 e. The number of carbonyl (C=O) groups excluding carboxylic acids is 1. The van der Waals surface area contributed by atoms with Gasteiger partial charge in [0.2, 0.25) is 5.91 Å². The normalized spacial score (nSPS) is 26.7. The minimum atomic E-state index is -0.135. The summed E-state index contributed by atoms with van der Waals surface area (Å²) in [5, 5.41) is 12.5.